The third kappa shape index (κ3) is 4.53. The van der Waals surface area contributed by atoms with Crippen molar-refractivity contribution in [3.63, 3.8) is 0 Å². The number of anilines is 1. The number of hydrogen-bond acceptors (Lipinski definition) is 3. The van der Waals surface area contributed by atoms with E-state index in [1.54, 1.807) is 4.90 Å². The van der Waals surface area contributed by atoms with Crippen molar-refractivity contribution < 1.29 is 9.53 Å². The zero-order valence-electron chi connectivity index (χ0n) is 12.2. The number of likely N-dealkylation sites (N-methyl/N-ethyl adjacent to an activating group) is 1. The van der Waals surface area contributed by atoms with Crippen molar-refractivity contribution in [3.05, 3.63) is 60.2 Å². The number of hydrogen-bond donors (Lipinski definition) is 1. The van der Waals surface area contributed by atoms with E-state index in [9.17, 15) is 4.79 Å². The fourth-order valence-corrected chi connectivity index (χ4v) is 2.04. The quantitative estimate of drug-likeness (QED) is 0.830. The Hall–Kier alpha value is -2.49. The van der Waals surface area contributed by atoms with E-state index >= 15 is 0 Å². The molecule has 0 aliphatic rings. The van der Waals surface area contributed by atoms with Gasteiger partial charge < -0.3 is 15.4 Å². The summed E-state index contributed by atoms with van der Waals surface area (Å²) in [6, 6.07) is 16.9. The van der Waals surface area contributed by atoms with Gasteiger partial charge in [0.05, 0.1) is 0 Å². The summed E-state index contributed by atoms with van der Waals surface area (Å²) < 4.78 is 5.50. The Balaban J connectivity index is 1.92. The van der Waals surface area contributed by atoms with E-state index in [4.69, 9.17) is 10.5 Å². The summed E-state index contributed by atoms with van der Waals surface area (Å²) in [6.45, 7) is 3.16. The number of nitrogens with two attached hydrogens (primary N) is 1. The minimum Gasteiger partial charge on any atom is -0.484 e. The van der Waals surface area contributed by atoms with Gasteiger partial charge in [-0.3, -0.25) is 4.79 Å². The molecule has 4 heteroatoms. The first kappa shape index (κ1) is 14.9. The summed E-state index contributed by atoms with van der Waals surface area (Å²) in [5, 5.41) is 0. The predicted molar refractivity (Wildman–Crippen MR) is 83.9 cm³/mol. The topological polar surface area (TPSA) is 55.6 Å². The molecular weight excluding hydrogens is 264 g/mol. The maximum atomic E-state index is 12.2. The summed E-state index contributed by atoms with van der Waals surface area (Å²) in [5.74, 6) is 0.662. The SMILES string of the molecule is CCN(Cc1cccc(N)c1)C(=O)COc1ccccc1. The maximum absolute atomic E-state index is 12.2. The molecule has 0 atom stereocenters. The first-order valence-electron chi connectivity index (χ1n) is 6.99. The number of carbonyl (C=O) groups is 1. The van der Waals surface area contributed by atoms with Gasteiger partial charge in [-0.1, -0.05) is 30.3 Å². The molecule has 0 saturated carbocycles. The number of benzene rings is 2. The Morgan fingerprint density at radius 1 is 1.14 bits per heavy atom. The van der Waals surface area contributed by atoms with Crippen LogP contribution in [-0.2, 0) is 11.3 Å². The highest BCUT2D eigenvalue weighted by Crippen LogP contribution is 2.11. The smallest absolute Gasteiger partial charge is 0.260 e. The molecule has 0 unspecified atom stereocenters. The van der Waals surface area contributed by atoms with Gasteiger partial charge in [-0.15, -0.1) is 0 Å². The van der Waals surface area contributed by atoms with Gasteiger partial charge in [0.25, 0.3) is 5.91 Å². The number of nitrogens with zero attached hydrogens (tertiary/aromatic N) is 1. The number of para-hydroxylation sites is 1. The number of ether oxygens (including phenoxy) is 1. The molecule has 110 valence electrons. The molecule has 0 radical (unpaired) electrons. The maximum Gasteiger partial charge on any atom is 0.260 e. The number of rotatable bonds is 6. The number of nitrogen functional groups attached to an aromatic ring is 1. The molecule has 0 bridgehead atoms. The molecule has 2 rings (SSSR count). The van der Waals surface area contributed by atoms with Crippen molar-refractivity contribution >= 4 is 11.6 Å². The first-order chi connectivity index (χ1) is 10.2. The van der Waals surface area contributed by atoms with Crippen LogP contribution in [0.5, 0.6) is 5.75 Å². The molecule has 0 fully saturated rings. The highest BCUT2D eigenvalue weighted by Gasteiger charge is 2.13. The highest BCUT2D eigenvalue weighted by molar-refractivity contribution is 5.77. The van der Waals surface area contributed by atoms with E-state index in [1.807, 2.05) is 61.5 Å². The van der Waals surface area contributed by atoms with E-state index in [0.717, 1.165) is 5.56 Å². The van der Waals surface area contributed by atoms with Crippen LogP contribution in [0.15, 0.2) is 54.6 Å². The standard InChI is InChI=1S/C17H20N2O2/c1-2-19(12-14-7-6-8-15(18)11-14)17(20)13-21-16-9-4-3-5-10-16/h3-11H,2,12-13,18H2,1H3. The van der Waals surface area contributed by atoms with E-state index < -0.39 is 0 Å². The van der Waals surface area contributed by atoms with Gasteiger partial charge in [-0.05, 0) is 36.8 Å². The van der Waals surface area contributed by atoms with Crippen LogP contribution in [0.1, 0.15) is 12.5 Å². The summed E-state index contributed by atoms with van der Waals surface area (Å²) in [5.41, 5.74) is 7.48. The Kier molecular flexibility index (Phi) is 5.21. The molecule has 2 aromatic rings. The van der Waals surface area contributed by atoms with E-state index in [2.05, 4.69) is 0 Å². The van der Waals surface area contributed by atoms with Crippen LogP contribution in [0.25, 0.3) is 0 Å². The average molecular weight is 284 g/mol. The van der Waals surface area contributed by atoms with Crippen LogP contribution >= 0.6 is 0 Å². The van der Waals surface area contributed by atoms with Gasteiger partial charge in [-0.2, -0.15) is 0 Å². The van der Waals surface area contributed by atoms with Crippen molar-refractivity contribution in [1.29, 1.82) is 0 Å². The van der Waals surface area contributed by atoms with Crippen LogP contribution < -0.4 is 10.5 Å². The second kappa shape index (κ2) is 7.33. The molecule has 0 aromatic heterocycles. The number of amides is 1. The summed E-state index contributed by atoms with van der Waals surface area (Å²) in [4.78, 5) is 14.0. The minimum atomic E-state index is -0.0382. The zero-order valence-corrected chi connectivity index (χ0v) is 12.2. The summed E-state index contributed by atoms with van der Waals surface area (Å²) >= 11 is 0. The van der Waals surface area contributed by atoms with Crippen LogP contribution in [0.4, 0.5) is 5.69 Å². The van der Waals surface area contributed by atoms with Crippen LogP contribution in [-0.4, -0.2) is 24.0 Å². The molecule has 1 amide bonds. The fourth-order valence-electron chi connectivity index (χ4n) is 2.04. The van der Waals surface area contributed by atoms with Crippen molar-refractivity contribution in [2.24, 2.45) is 0 Å². The molecule has 0 spiro atoms. The molecule has 2 N–H and O–H groups in total. The minimum absolute atomic E-state index is 0.0382. The summed E-state index contributed by atoms with van der Waals surface area (Å²) in [6.07, 6.45) is 0. The zero-order chi connectivity index (χ0) is 15.1. The fraction of sp³-hybridized carbons (Fsp3) is 0.235. The van der Waals surface area contributed by atoms with Gasteiger partial charge in [0.15, 0.2) is 6.61 Å². The third-order valence-corrected chi connectivity index (χ3v) is 3.16. The normalized spacial score (nSPS) is 10.1. The third-order valence-electron chi connectivity index (χ3n) is 3.16. The Bertz CT molecular complexity index is 584. The Morgan fingerprint density at radius 2 is 1.90 bits per heavy atom. The van der Waals surface area contributed by atoms with Crippen molar-refractivity contribution in [3.8, 4) is 5.75 Å². The molecule has 0 heterocycles. The highest BCUT2D eigenvalue weighted by atomic mass is 16.5. The summed E-state index contributed by atoms with van der Waals surface area (Å²) in [7, 11) is 0. The van der Waals surface area contributed by atoms with Gasteiger partial charge in [0.2, 0.25) is 0 Å². The molecule has 2 aromatic carbocycles. The van der Waals surface area contributed by atoms with Gasteiger partial charge in [-0.25, -0.2) is 0 Å². The van der Waals surface area contributed by atoms with Crippen LogP contribution in [0.2, 0.25) is 0 Å². The lowest BCUT2D eigenvalue weighted by Crippen LogP contribution is -2.34. The van der Waals surface area contributed by atoms with Crippen molar-refractivity contribution in [2.75, 3.05) is 18.9 Å². The lowest BCUT2D eigenvalue weighted by molar-refractivity contribution is -0.133. The van der Waals surface area contributed by atoms with E-state index in [1.165, 1.54) is 0 Å². The monoisotopic (exact) mass is 284 g/mol. The Labute approximate surface area is 125 Å². The largest absolute Gasteiger partial charge is 0.484 e. The Morgan fingerprint density at radius 3 is 2.57 bits per heavy atom. The predicted octanol–water partition coefficient (Wildman–Crippen LogP) is 2.70. The number of carbonyl (C=O) groups excluding carboxylic acids is 1. The first-order valence-corrected chi connectivity index (χ1v) is 6.99. The molecule has 0 aliphatic carbocycles. The van der Waals surface area contributed by atoms with Gasteiger partial charge in [0, 0.05) is 18.8 Å². The second-order valence-corrected chi connectivity index (χ2v) is 4.75. The van der Waals surface area contributed by atoms with Crippen molar-refractivity contribution in [2.45, 2.75) is 13.5 Å². The van der Waals surface area contributed by atoms with E-state index in [-0.39, 0.29) is 12.5 Å². The van der Waals surface area contributed by atoms with E-state index in [0.29, 0.717) is 24.5 Å². The molecule has 21 heavy (non-hydrogen) atoms. The molecule has 0 aliphatic heterocycles. The van der Waals surface area contributed by atoms with Gasteiger partial charge in [0.1, 0.15) is 5.75 Å². The second-order valence-electron chi connectivity index (χ2n) is 4.75. The lowest BCUT2D eigenvalue weighted by Gasteiger charge is -2.21. The lowest BCUT2D eigenvalue weighted by atomic mass is 10.2. The van der Waals surface area contributed by atoms with Crippen LogP contribution in [0.3, 0.4) is 0 Å². The average Bonchev–Trinajstić information content (AvgIpc) is 2.51. The van der Waals surface area contributed by atoms with Crippen molar-refractivity contribution in [1.82, 2.24) is 4.90 Å². The van der Waals surface area contributed by atoms with Crippen LogP contribution in [0, 0.1) is 0 Å². The van der Waals surface area contributed by atoms with Gasteiger partial charge >= 0.3 is 0 Å². The molecule has 4 nitrogen and oxygen atoms in total. The molecular formula is C17H20N2O2. The molecule has 0 saturated heterocycles.